The quantitative estimate of drug-likeness (QED) is 0.745. The van der Waals surface area contributed by atoms with Crippen LogP contribution in [0.5, 0.6) is 0 Å². The van der Waals surface area contributed by atoms with Crippen LogP contribution < -0.4 is 0 Å². The predicted molar refractivity (Wildman–Crippen MR) is 63.9 cm³/mol. The summed E-state index contributed by atoms with van der Waals surface area (Å²) in [7, 11) is 0. The smallest absolute Gasteiger partial charge is 0.367 e. The van der Waals surface area contributed by atoms with Gasteiger partial charge in [0.05, 0.1) is 12.3 Å². The number of ether oxygens (including phenoxy) is 1. The lowest BCUT2D eigenvalue weighted by Gasteiger charge is -2.28. The summed E-state index contributed by atoms with van der Waals surface area (Å²) in [6, 6.07) is 0. The minimum absolute atomic E-state index is 0.278. The average molecular weight is 239 g/mol. The number of esters is 1. The molecule has 0 aromatic carbocycles. The van der Waals surface area contributed by atoms with Crippen LogP contribution in [0.2, 0.25) is 0 Å². The number of nitrogens with zero attached hydrogens (tertiary/aromatic N) is 1. The van der Waals surface area contributed by atoms with Crippen molar-refractivity contribution < 1.29 is 9.53 Å². The van der Waals surface area contributed by atoms with E-state index in [9.17, 15) is 4.79 Å². The zero-order chi connectivity index (χ0) is 11.8. The van der Waals surface area contributed by atoms with Gasteiger partial charge in [0.2, 0.25) is 5.01 Å². The van der Waals surface area contributed by atoms with Crippen LogP contribution in [0.3, 0.4) is 0 Å². The fourth-order valence-electron chi connectivity index (χ4n) is 1.98. The Morgan fingerprint density at radius 3 is 3.00 bits per heavy atom. The summed E-state index contributed by atoms with van der Waals surface area (Å²) in [5.41, 5.74) is 1.44. The molecule has 1 aliphatic rings. The van der Waals surface area contributed by atoms with Crippen LogP contribution in [0, 0.1) is 5.41 Å². The molecule has 0 saturated carbocycles. The Morgan fingerprint density at radius 2 is 2.31 bits per heavy atom. The third-order valence-corrected chi connectivity index (χ3v) is 3.98. The lowest BCUT2D eigenvalue weighted by atomic mass is 9.79. The number of hydrogen-bond acceptors (Lipinski definition) is 4. The first-order chi connectivity index (χ1) is 7.52. The minimum Gasteiger partial charge on any atom is -0.461 e. The molecule has 1 aliphatic carbocycles. The molecule has 0 fully saturated rings. The van der Waals surface area contributed by atoms with Crippen LogP contribution in [0.15, 0.2) is 0 Å². The van der Waals surface area contributed by atoms with E-state index in [1.165, 1.54) is 16.2 Å². The Labute approximate surface area is 99.8 Å². The number of aromatic nitrogens is 1. The largest absolute Gasteiger partial charge is 0.461 e. The Balaban J connectivity index is 2.21. The molecule has 1 aromatic rings. The third kappa shape index (κ3) is 2.26. The van der Waals surface area contributed by atoms with E-state index in [0.29, 0.717) is 17.0 Å². The van der Waals surface area contributed by atoms with Crippen molar-refractivity contribution in [2.45, 2.75) is 40.0 Å². The Kier molecular flexibility index (Phi) is 3.02. The summed E-state index contributed by atoms with van der Waals surface area (Å²) in [5.74, 6) is -0.278. The minimum atomic E-state index is -0.278. The summed E-state index contributed by atoms with van der Waals surface area (Å²) >= 11 is 1.50. The van der Waals surface area contributed by atoms with Gasteiger partial charge in [-0.3, -0.25) is 0 Å². The van der Waals surface area contributed by atoms with E-state index in [4.69, 9.17) is 4.74 Å². The van der Waals surface area contributed by atoms with E-state index in [0.717, 1.165) is 25.0 Å². The Morgan fingerprint density at radius 1 is 1.56 bits per heavy atom. The molecule has 0 aliphatic heterocycles. The molecule has 0 bridgehead atoms. The first-order valence-electron chi connectivity index (χ1n) is 5.67. The molecule has 0 atom stereocenters. The highest BCUT2D eigenvalue weighted by molar-refractivity contribution is 7.13. The van der Waals surface area contributed by atoms with Gasteiger partial charge in [-0.15, -0.1) is 11.3 Å². The van der Waals surface area contributed by atoms with Crippen LogP contribution in [-0.2, 0) is 17.6 Å². The van der Waals surface area contributed by atoms with Crippen LogP contribution in [0.4, 0.5) is 0 Å². The molecule has 1 aromatic heterocycles. The van der Waals surface area contributed by atoms with E-state index >= 15 is 0 Å². The number of hydrogen-bond donors (Lipinski definition) is 0. The van der Waals surface area contributed by atoms with Gasteiger partial charge in [0.25, 0.3) is 0 Å². The highest BCUT2D eigenvalue weighted by Gasteiger charge is 2.29. The van der Waals surface area contributed by atoms with Gasteiger partial charge in [-0.2, -0.15) is 0 Å². The van der Waals surface area contributed by atoms with Gasteiger partial charge < -0.3 is 4.74 Å². The van der Waals surface area contributed by atoms with E-state index in [-0.39, 0.29) is 5.97 Å². The topological polar surface area (TPSA) is 39.2 Å². The number of carbonyl (C=O) groups excluding carboxylic acids is 1. The first kappa shape index (κ1) is 11.6. The summed E-state index contributed by atoms with van der Waals surface area (Å²) in [5, 5.41) is 0.518. The maximum atomic E-state index is 11.5. The SMILES string of the molecule is CCOC(=O)c1nc2c(s1)CC(C)(C)CC2. The summed E-state index contributed by atoms with van der Waals surface area (Å²) < 4.78 is 4.97. The molecule has 1 heterocycles. The second kappa shape index (κ2) is 4.17. The van der Waals surface area contributed by atoms with Gasteiger partial charge in [-0.25, -0.2) is 9.78 Å². The summed E-state index contributed by atoms with van der Waals surface area (Å²) in [4.78, 5) is 17.2. The summed E-state index contributed by atoms with van der Waals surface area (Å²) in [6.07, 6.45) is 3.16. The number of rotatable bonds is 2. The molecule has 88 valence electrons. The third-order valence-electron chi connectivity index (χ3n) is 2.91. The Bertz CT molecular complexity index is 409. The average Bonchev–Trinajstić information content (AvgIpc) is 2.59. The van der Waals surface area contributed by atoms with Crippen molar-refractivity contribution in [3.05, 3.63) is 15.6 Å². The molecule has 0 spiro atoms. The zero-order valence-corrected chi connectivity index (χ0v) is 10.8. The second-order valence-electron chi connectivity index (χ2n) is 4.95. The van der Waals surface area contributed by atoms with Crippen molar-refractivity contribution in [1.82, 2.24) is 4.98 Å². The second-order valence-corrected chi connectivity index (χ2v) is 6.03. The Hall–Kier alpha value is -0.900. The first-order valence-corrected chi connectivity index (χ1v) is 6.49. The van der Waals surface area contributed by atoms with Crippen molar-refractivity contribution in [2.24, 2.45) is 5.41 Å². The molecule has 0 radical (unpaired) electrons. The zero-order valence-electron chi connectivity index (χ0n) is 10.0. The number of aryl methyl sites for hydroxylation is 1. The van der Waals surface area contributed by atoms with Crippen LogP contribution >= 0.6 is 11.3 Å². The van der Waals surface area contributed by atoms with Crippen LogP contribution in [0.25, 0.3) is 0 Å². The molecule has 0 saturated heterocycles. The molecule has 0 N–H and O–H groups in total. The van der Waals surface area contributed by atoms with Gasteiger partial charge in [0, 0.05) is 4.88 Å². The van der Waals surface area contributed by atoms with Gasteiger partial charge in [-0.05, 0) is 31.6 Å². The highest BCUT2D eigenvalue weighted by atomic mass is 32.1. The molecule has 16 heavy (non-hydrogen) atoms. The van der Waals surface area contributed by atoms with Crippen molar-refractivity contribution in [3.63, 3.8) is 0 Å². The lowest BCUT2D eigenvalue weighted by Crippen LogP contribution is -2.20. The molecule has 4 heteroatoms. The van der Waals surface area contributed by atoms with Gasteiger partial charge in [0.1, 0.15) is 0 Å². The van der Waals surface area contributed by atoms with Crippen molar-refractivity contribution in [2.75, 3.05) is 6.61 Å². The van der Waals surface area contributed by atoms with Crippen molar-refractivity contribution in [3.8, 4) is 0 Å². The van der Waals surface area contributed by atoms with E-state index < -0.39 is 0 Å². The van der Waals surface area contributed by atoms with Crippen LogP contribution in [-0.4, -0.2) is 17.6 Å². The molecular formula is C12H17NO2S. The molecular weight excluding hydrogens is 222 g/mol. The number of thiazole rings is 1. The fourth-order valence-corrected chi connectivity index (χ4v) is 3.24. The maximum absolute atomic E-state index is 11.5. The maximum Gasteiger partial charge on any atom is 0.367 e. The summed E-state index contributed by atoms with van der Waals surface area (Å²) in [6.45, 7) is 6.75. The van der Waals surface area contributed by atoms with Gasteiger partial charge in [-0.1, -0.05) is 13.8 Å². The normalized spacial score (nSPS) is 17.9. The number of fused-ring (bicyclic) bond motifs is 1. The fraction of sp³-hybridized carbons (Fsp3) is 0.667. The van der Waals surface area contributed by atoms with Gasteiger partial charge in [0.15, 0.2) is 0 Å². The van der Waals surface area contributed by atoms with E-state index in [2.05, 4.69) is 18.8 Å². The van der Waals surface area contributed by atoms with E-state index in [1.54, 1.807) is 0 Å². The van der Waals surface area contributed by atoms with Gasteiger partial charge >= 0.3 is 5.97 Å². The predicted octanol–water partition coefficient (Wildman–Crippen LogP) is 2.83. The molecule has 0 unspecified atom stereocenters. The molecule has 2 rings (SSSR count). The van der Waals surface area contributed by atoms with Crippen LogP contribution in [0.1, 0.15) is 47.6 Å². The highest BCUT2D eigenvalue weighted by Crippen LogP contribution is 2.37. The monoisotopic (exact) mass is 239 g/mol. The van der Waals surface area contributed by atoms with Crippen molar-refractivity contribution >= 4 is 17.3 Å². The molecule has 0 amide bonds. The van der Waals surface area contributed by atoms with Crippen molar-refractivity contribution in [1.29, 1.82) is 0 Å². The van der Waals surface area contributed by atoms with E-state index in [1.807, 2.05) is 6.92 Å². The lowest BCUT2D eigenvalue weighted by molar-refractivity contribution is 0.0525. The standard InChI is InChI=1S/C12H17NO2S/c1-4-15-11(14)10-13-8-5-6-12(2,3)7-9(8)16-10/h4-7H2,1-3H3. The molecule has 3 nitrogen and oxygen atoms in total. The number of carbonyl (C=O) groups is 1.